The number of fused-ring (bicyclic) bond motifs is 2. The van der Waals surface area contributed by atoms with E-state index in [2.05, 4.69) is 5.32 Å². The van der Waals surface area contributed by atoms with Crippen LogP contribution in [0.15, 0.2) is 0 Å². The number of hydrogen-bond donors (Lipinski definition) is 1. The fourth-order valence-electron chi connectivity index (χ4n) is 3.50. The Morgan fingerprint density at radius 1 is 1.32 bits per heavy atom. The third kappa shape index (κ3) is 4.09. The van der Waals surface area contributed by atoms with Crippen molar-refractivity contribution in [1.29, 1.82) is 0 Å². The Hall–Kier alpha value is -0.780. The Kier molecular flexibility index (Phi) is 4.38. The van der Waals surface area contributed by atoms with Crippen molar-refractivity contribution in [2.24, 2.45) is 17.8 Å². The van der Waals surface area contributed by atoms with Gasteiger partial charge in [-0.1, -0.05) is 6.42 Å². The Bertz CT molecular complexity index is 332. The van der Waals surface area contributed by atoms with E-state index in [1.807, 2.05) is 0 Å². The highest BCUT2D eigenvalue weighted by Crippen LogP contribution is 2.48. The van der Waals surface area contributed by atoms with Crippen LogP contribution in [0.1, 0.15) is 25.7 Å². The van der Waals surface area contributed by atoms with E-state index < -0.39 is 12.7 Å². The molecule has 110 valence electrons. The highest BCUT2D eigenvalue weighted by Gasteiger charge is 2.40. The van der Waals surface area contributed by atoms with Gasteiger partial charge in [0.1, 0.15) is 0 Å². The van der Waals surface area contributed by atoms with Crippen LogP contribution in [0.3, 0.4) is 0 Å². The van der Waals surface area contributed by atoms with Gasteiger partial charge in [0.25, 0.3) is 0 Å². The zero-order valence-corrected chi connectivity index (χ0v) is 11.2. The SMILES string of the molecule is CN(CC1CC2CCC1C2)C(=O)CNCC(F)(F)F. The molecule has 3 atom stereocenters. The van der Waals surface area contributed by atoms with Crippen molar-refractivity contribution < 1.29 is 18.0 Å². The number of carbonyl (C=O) groups is 1. The van der Waals surface area contributed by atoms with E-state index in [0.717, 1.165) is 11.8 Å². The molecule has 2 fully saturated rings. The van der Waals surface area contributed by atoms with Crippen LogP contribution >= 0.6 is 0 Å². The molecular weight excluding hydrogens is 257 g/mol. The number of nitrogens with one attached hydrogen (secondary N) is 1. The molecule has 0 aromatic rings. The van der Waals surface area contributed by atoms with Crippen molar-refractivity contribution >= 4 is 5.91 Å². The molecule has 2 bridgehead atoms. The molecule has 0 aliphatic heterocycles. The second kappa shape index (κ2) is 5.69. The largest absolute Gasteiger partial charge is 0.401 e. The minimum atomic E-state index is -4.26. The Morgan fingerprint density at radius 2 is 2.05 bits per heavy atom. The molecule has 2 saturated carbocycles. The number of nitrogens with zero attached hydrogens (tertiary/aromatic N) is 1. The molecule has 1 amide bonds. The van der Waals surface area contributed by atoms with Crippen molar-refractivity contribution in [2.75, 3.05) is 26.7 Å². The second-order valence-corrected chi connectivity index (χ2v) is 5.93. The zero-order chi connectivity index (χ0) is 14.0. The molecule has 3 nitrogen and oxygen atoms in total. The smallest absolute Gasteiger partial charge is 0.344 e. The minimum absolute atomic E-state index is 0.239. The number of amides is 1. The van der Waals surface area contributed by atoms with E-state index in [4.69, 9.17) is 0 Å². The van der Waals surface area contributed by atoms with Crippen molar-refractivity contribution in [3.63, 3.8) is 0 Å². The standard InChI is InChI=1S/C13H21F3N2O/c1-18(12(19)6-17-8-13(14,15)16)7-11-5-9-2-3-10(11)4-9/h9-11,17H,2-8H2,1H3. The molecule has 0 saturated heterocycles. The summed E-state index contributed by atoms with van der Waals surface area (Å²) >= 11 is 0. The van der Waals surface area contributed by atoms with Crippen molar-refractivity contribution in [3.8, 4) is 0 Å². The first kappa shape index (κ1) is 14.6. The van der Waals surface area contributed by atoms with Gasteiger partial charge < -0.3 is 10.2 Å². The average molecular weight is 278 g/mol. The molecule has 1 N–H and O–H groups in total. The molecule has 19 heavy (non-hydrogen) atoms. The van der Waals surface area contributed by atoms with Gasteiger partial charge >= 0.3 is 6.18 Å². The summed E-state index contributed by atoms with van der Waals surface area (Å²) in [6, 6.07) is 0. The van der Waals surface area contributed by atoms with Gasteiger partial charge in [-0.05, 0) is 37.0 Å². The number of hydrogen-bond acceptors (Lipinski definition) is 2. The highest BCUT2D eigenvalue weighted by molar-refractivity contribution is 5.77. The number of likely N-dealkylation sites (N-methyl/N-ethyl adjacent to an activating group) is 1. The number of halogens is 3. The van der Waals surface area contributed by atoms with E-state index in [1.165, 1.54) is 25.7 Å². The van der Waals surface area contributed by atoms with Crippen LogP contribution in [-0.2, 0) is 4.79 Å². The normalized spacial score (nSPS) is 29.8. The third-order valence-electron chi connectivity index (χ3n) is 4.42. The Morgan fingerprint density at radius 3 is 2.58 bits per heavy atom. The number of carbonyl (C=O) groups excluding carboxylic acids is 1. The summed E-state index contributed by atoms with van der Waals surface area (Å²) in [5, 5.41) is 2.15. The van der Waals surface area contributed by atoms with E-state index in [-0.39, 0.29) is 12.5 Å². The maximum Gasteiger partial charge on any atom is 0.401 e. The Balaban J connectivity index is 1.68. The minimum Gasteiger partial charge on any atom is -0.344 e. The van der Waals surface area contributed by atoms with Crippen LogP contribution in [0.2, 0.25) is 0 Å². The van der Waals surface area contributed by atoms with Gasteiger partial charge in [-0.2, -0.15) is 13.2 Å². The van der Waals surface area contributed by atoms with Gasteiger partial charge in [0.15, 0.2) is 0 Å². The average Bonchev–Trinajstić information content (AvgIpc) is 2.88. The van der Waals surface area contributed by atoms with Crippen molar-refractivity contribution in [2.45, 2.75) is 31.9 Å². The monoisotopic (exact) mass is 278 g/mol. The van der Waals surface area contributed by atoms with E-state index >= 15 is 0 Å². The molecule has 6 heteroatoms. The van der Waals surface area contributed by atoms with Crippen molar-refractivity contribution in [3.05, 3.63) is 0 Å². The molecule has 2 aliphatic carbocycles. The lowest BCUT2D eigenvalue weighted by atomic mass is 9.88. The zero-order valence-electron chi connectivity index (χ0n) is 11.2. The highest BCUT2D eigenvalue weighted by atomic mass is 19.4. The molecule has 0 aromatic carbocycles. The van der Waals surface area contributed by atoms with Gasteiger partial charge in [-0.3, -0.25) is 4.79 Å². The quantitative estimate of drug-likeness (QED) is 0.834. The van der Waals surface area contributed by atoms with E-state index in [0.29, 0.717) is 12.5 Å². The number of alkyl halides is 3. The summed E-state index contributed by atoms with van der Waals surface area (Å²) in [6.07, 6.45) is 0.760. The maximum absolute atomic E-state index is 11.9. The molecule has 2 rings (SSSR count). The van der Waals surface area contributed by atoms with Crippen LogP contribution in [0.5, 0.6) is 0 Å². The lowest BCUT2D eigenvalue weighted by molar-refractivity contribution is -0.133. The first-order valence-electron chi connectivity index (χ1n) is 6.86. The lowest BCUT2D eigenvalue weighted by Crippen LogP contribution is -2.41. The molecule has 0 aromatic heterocycles. The van der Waals surface area contributed by atoms with Gasteiger partial charge in [0, 0.05) is 13.6 Å². The first-order valence-corrected chi connectivity index (χ1v) is 6.86. The van der Waals surface area contributed by atoms with Crippen molar-refractivity contribution in [1.82, 2.24) is 10.2 Å². The van der Waals surface area contributed by atoms with Crippen LogP contribution in [0.25, 0.3) is 0 Å². The van der Waals surface area contributed by atoms with Gasteiger partial charge in [0.2, 0.25) is 5.91 Å². The lowest BCUT2D eigenvalue weighted by Gasteiger charge is -2.27. The summed E-state index contributed by atoms with van der Waals surface area (Å²) in [7, 11) is 1.68. The fraction of sp³-hybridized carbons (Fsp3) is 0.923. The second-order valence-electron chi connectivity index (χ2n) is 5.93. The van der Waals surface area contributed by atoms with E-state index in [9.17, 15) is 18.0 Å². The predicted molar refractivity (Wildman–Crippen MR) is 65.5 cm³/mol. The third-order valence-corrected chi connectivity index (χ3v) is 4.42. The van der Waals surface area contributed by atoms with Crippen LogP contribution in [-0.4, -0.2) is 43.7 Å². The maximum atomic E-state index is 11.9. The summed E-state index contributed by atoms with van der Waals surface area (Å²) in [6.45, 7) is -0.661. The van der Waals surface area contributed by atoms with Gasteiger partial charge in [-0.25, -0.2) is 0 Å². The number of rotatable bonds is 5. The topological polar surface area (TPSA) is 32.3 Å². The first-order chi connectivity index (χ1) is 8.85. The molecule has 3 unspecified atom stereocenters. The fourth-order valence-corrected chi connectivity index (χ4v) is 3.50. The van der Waals surface area contributed by atoms with Crippen LogP contribution < -0.4 is 5.32 Å². The molecule has 0 spiro atoms. The van der Waals surface area contributed by atoms with Crippen LogP contribution in [0, 0.1) is 17.8 Å². The molecular formula is C13H21F3N2O. The molecule has 2 aliphatic rings. The molecule has 0 heterocycles. The Labute approximate surface area is 111 Å². The predicted octanol–water partition coefficient (Wildman–Crippen LogP) is 2.03. The molecule has 0 radical (unpaired) electrons. The summed E-state index contributed by atoms with van der Waals surface area (Å²) in [5.41, 5.74) is 0. The van der Waals surface area contributed by atoms with Crippen LogP contribution in [0.4, 0.5) is 13.2 Å². The summed E-state index contributed by atoms with van der Waals surface area (Å²) in [4.78, 5) is 13.3. The summed E-state index contributed by atoms with van der Waals surface area (Å²) < 4.78 is 35.8. The van der Waals surface area contributed by atoms with Gasteiger partial charge in [0.05, 0.1) is 13.1 Å². The van der Waals surface area contributed by atoms with E-state index in [1.54, 1.807) is 11.9 Å². The summed E-state index contributed by atoms with van der Waals surface area (Å²) in [5.74, 6) is 1.84. The van der Waals surface area contributed by atoms with Gasteiger partial charge in [-0.15, -0.1) is 0 Å².